The first-order valence-electron chi connectivity index (χ1n) is 5.80. The van der Waals surface area contributed by atoms with E-state index in [1.807, 2.05) is 6.26 Å². The molecule has 0 aliphatic rings. The molecule has 0 bridgehead atoms. The molecule has 0 aliphatic heterocycles. The van der Waals surface area contributed by atoms with Crippen molar-refractivity contribution in [3.63, 3.8) is 0 Å². The highest BCUT2D eigenvalue weighted by atomic mass is 32.2. The van der Waals surface area contributed by atoms with Crippen LogP contribution < -0.4 is 11.1 Å². The molecule has 106 valence electrons. The second-order valence-corrected chi connectivity index (χ2v) is 5.04. The Morgan fingerprint density at radius 2 is 2.37 bits per heavy atom. The number of imidazole rings is 1. The lowest BCUT2D eigenvalue weighted by Gasteiger charge is -2.17. The van der Waals surface area contributed by atoms with Gasteiger partial charge in [0, 0.05) is 12.6 Å². The number of carboxylic acids is 1. The number of thioether (sulfide) groups is 1. The van der Waals surface area contributed by atoms with E-state index in [2.05, 4.69) is 15.3 Å². The highest BCUT2D eigenvalue weighted by molar-refractivity contribution is 7.98. The van der Waals surface area contributed by atoms with Crippen LogP contribution >= 0.6 is 11.8 Å². The zero-order valence-electron chi connectivity index (χ0n) is 10.6. The van der Waals surface area contributed by atoms with Gasteiger partial charge in [-0.2, -0.15) is 11.8 Å². The number of carbonyl (C=O) groups is 2. The fourth-order valence-electron chi connectivity index (χ4n) is 1.49. The predicted molar refractivity (Wildman–Crippen MR) is 72.8 cm³/mol. The number of aliphatic carboxylic acids is 1. The standard InChI is InChI=1S/C11H18N4O3S/c1-19-3-2-9(11(17)18)15-10(16)8(12)4-7-5-13-6-14-7/h5-6,8-9H,2-4,12H2,1H3,(H,13,14)(H,15,16)(H,17,18)/t8?,9-/m0/s1. The normalized spacial score (nSPS) is 13.8. The van der Waals surface area contributed by atoms with Crippen LogP contribution in [0.4, 0.5) is 0 Å². The number of carboxylic acid groups (broad SMARTS) is 1. The average molecular weight is 286 g/mol. The van der Waals surface area contributed by atoms with E-state index < -0.39 is 24.0 Å². The van der Waals surface area contributed by atoms with Gasteiger partial charge in [0.25, 0.3) is 0 Å². The minimum atomic E-state index is -1.05. The number of amides is 1. The van der Waals surface area contributed by atoms with Crippen molar-refractivity contribution in [1.82, 2.24) is 15.3 Å². The van der Waals surface area contributed by atoms with E-state index in [1.54, 1.807) is 6.20 Å². The minimum Gasteiger partial charge on any atom is -0.480 e. The summed E-state index contributed by atoms with van der Waals surface area (Å²) < 4.78 is 0. The summed E-state index contributed by atoms with van der Waals surface area (Å²) in [6.45, 7) is 0. The molecule has 8 heteroatoms. The van der Waals surface area contributed by atoms with Crippen LogP contribution in [0.15, 0.2) is 12.5 Å². The van der Waals surface area contributed by atoms with E-state index in [9.17, 15) is 9.59 Å². The van der Waals surface area contributed by atoms with Crippen molar-refractivity contribution in [3.05, 3.63) is 18.2 Å². The van der Waals surface area contributed by atoms with Crippen LogP contribution in [0.25, 0.3) is 0 Å². The van der Waals surface area contributed by atoms with Crippen LogP contribution in [-0.2, 0) is 16.0 Å². The molecule has 0 saturated heterocycles. The molecule has 7 nitrogen and oxygen atoms in total. The molecule has 0 fully saturated rings. The van der Waals surface area contributed by atoms with Gasteiger partial charge in [-0.25, -0.2) is 9.78 Å². The number of carbonyl (C=O) groups excluding carboxylic acids is 1. The average Bonchev–Trinajstić information content (AvgIpc) is 2.86. The van der Waals surface area contributed by atoms with Crippen LogP contribution in [-0.4, -0.2) is 51.0 Å². The molecule has 2 atom stereocenters. The van der Waals surface area contributed by atoms with E-state index in [1.165, 1.54) is 18.1 Å². The third kappa shape index (κ3) is 5.31. The van der Waals surface area contributed by atoms with Crippen LogP contribution in [0.2, 0.25) is 0 Å². The Bertz CT molecular complexity index is 410. The van der Waals surface area contributed by atoms with Gasteiger partial charge in [0.15, 0.2) is 0 Å². The molecule has 1 aromatic rings. The molecule has 1 amide bonds. The number of aromatic nitrogens is 2. The Balaban J connectivity index is 2.48. The molecule has 5 N–H and O–H groups in total. The second kappa shape index (κ2) is 7.80. The maximum absolute atomic E-state index is 11.8. The zero-order valence-corrected chi connectivity index (χ0v) is 11.4. The molecular formula is C11H18N4O3S. The summed E-state index contributed by atoms with van der Waals surface area (Å²) in [6, 6.07) is -1.70. The van der Waals surface area contributed by atoms with Gasteiger partial charge in [-0.1, -0.05) is 0 Å². The summed E-state index contributed by atoms with van der Waals surface area (Å²) in [4.78, 5) is 29.5. The number of nitrogens with zero attached hydrogens (tertiary/aromatic N) is 1. The first-order chi connectivity index (χ1) is 9.04. The van der Waals surface area contributed by atoms with Crippen LogP contribution in [0.3, 0.4) is 0 Å². The summed E-state index contributed by atoms with van der Waals surface area (Å²) in [6.07, 6.45) is 5.67. The molecule has 0 radical (unpaired) electrons. The summed E-state index contributed by atoms with van der Waals surface area (Å²) in [5, 5.41) is 11.5. The predicted octanol–water partition coefficient (Wildman–Crippen LogP) is -0.398. The molecule has 0 aromatic carbocycles. The van der Waals surface area contributed by atoms with E-state index in [0.717, 1.165) is 0 Å². The lowest BCUT2D eigenvalue weighted by Crippen LogP contribution is -2.49. The minimum absolute atomic E-state index is 0.268. The Hall–Kier alpha value is -1.54. The maximum Gasteiger partial charge on any atom is 0.326 e. The van der Waals surface area contributed by atoms with E-state index >= 15 is 0 Å². The molecule has 0 saturated carbocycles. The van der Waals surface area contributed by atoms with Crippen LogP contribution in [0.5, 0.6) is 0 Å². The molecule has 0 aliphatic carbocycles. The van der Waals surface area contributed by atoms with Gasteiger partial charge in [-0.15, -0.1) is 0 Å². The largest absolute Gasteiger partial charge is 0.480 e. The number of nitrogens with two attached hydrogens (primary N) is 1. The molecule has 1 unspecified atom stereocenters. The van der Waals surface area contributed by atoms with Crippen molar-refractivity contribution in [3.8, 4) is 0 Å². The highest BCUT2D eigenvalue weighted by Gasteiger charge is 2.23. The Morgan fingerprint density at radius 3 is 2.89 bits per heavy atom. The second-order valence-electron chi connectivity index (χ2n) is 4.05. The number of nitrogens with one attached hydrogen (secondary N) is 2. The van der Waals surface area contributed by atoms with Crippen molar-refractivity contribution >= 4 is 23.6 Å². The van der Waals surface area contributed by atoms with Gasteiger partial charge in [-0.05, 0) is 18.4 Å². The van der Waals surface area contributed by atoms with Crippen molar-refractivity contribution in [2.24, 2.45) is 5.73 Å². The summed E-state index contributed by atoms with van der Waals surface area (Å²) >= 11 is 1.53. The maximum atomic E-state index is 11.8. The fourth-order valence-corrected chi connectivity index (χ4v) is 1.96. The molecule has 1 heterocycles. The Morgan fingerprint density at radius 1 is 1.63 bits per heavy atom. The number of hydrogen-bond donors (Lipinski definition) is 4. The summed E-state index contributed by atoms with van der Waals surface area (Å²) in [7, 11) is 0. The SMILES string of the molecule is CSCC[C@H](NC(=O)C(N)Cc1c[nH]cn1)C(=O)O. The molecule has 1 aromatic heterocycles. The van der Waals surface area contributed by atoms with Crippen molar-refractivity contribution in [2.45, 2.75) is 24.9 Å². The van der Waals surface area contributed by atoms with Gasteiger partial charge >= 0.3 is 5.97 Å². The van der Waals surface area contributed by atoms with Crippen LogP contribution in [0.1, 0.15) is 12.1 Å². The van der Waals surface area contributed by atoms with E-state index in [-0.39, 0.29) is 6.42 Å². The van der Waals surface area contributed by atoms with Crippen LogP contribution in [0, 0.1) is 0 Å². The van der Waals surface area contributed by atoms with Gasteiger partial charge in [0.2, 0.25) is 5.91 Å². The third-order valence-corrected chi connectivity index (χ3v) is 3.19. The lowest BCUT2D eigenvalue weighted by molar-refractivity contribution is -0.142. The monoisotopic (exact) mass is 286 g/mol. The first kappa shape index (κ1) is 15.5. The third-order valence-electron chi connectivity index (χ3n) is 2.55. The zero-order chi connectivity index (χ0) is 14.3. The quantitative estimate of drug-likeness (QED) is 0.516. The highest BCUT2D eigenvalue weighted by Crippen LogP contribution is 2.02. The number of H-pyrrole nitrogens is 1. The fraction of sp³-hybridized carbons (Fsp3) is 0.545. The first-order valence-corrected chi connectivity index (χ1v) is 7.19. The molecular weight excluding hydrogens is 268 g/mol. The Labute approximate surface area is 115 Å². The topological polar surface area (TPSA) is 121 Å². The van der Waals surface area contributed by atoms with Gasteiger partial charge in [-0.3, -0.25) is 4.79 Å². The number of rotatable bonds is 8. The summed E-state index contributed by atoms with van der Waals surface area (Å²) in [5.74, 6) is -0.864. The van der Waals surface area contributed by atoms with Gasteiger partial charge in [0.05, 0.1) is 18.1 Å². The van der Waals surface area contributed by atoms with E-state index in [4.69, 9.17) is 10.8 Å². The smallest absolute Gasteiger partial charge is 0.326 e. The van der Waals surface area contributed by atoms with Crippen molar-refractivity contribution < 1.29 is 14.7 Å². The van der Waals surface area contributed by atoms with Crippen molar-refractivity contribution in [2.75, 3.05) is 12.0 Å². The molecule has 1 rings (SSSR count). The number of aromatic amines is 1. The van der Waals surface area contributed by atoms with Crippen molar-refractivity contribution in [1.29, 1.82) is 0 Å². The Kier molecular flexibility index (Phi) is 6.37. The molecule has 0 spiro atoms. The molecule has 19 heavy (non-hydrogen) atoms. The summed E-state index contributed by atoms with van der Waals surface area (Å²) in [5.41, 5.74) is 6.39. The van der Waals surface area contributed by atoms with Gasteiger partial charge < -0.3 is 21.1 Å². The van der Waals surface area contributed by atoms with E-state index in [0.29, 0.717) is 17.9 Å². The van der Waals surface area contributed by atoms with Gasteiger partial charge in [0.1, 0.15) is 6.04 Å². The lowest BCUT2D eigenvalue weighted by atomic mass is 10.1. The number of hydrogen-bond acceptors (Lipinski definition) is 5.